The molecule has 0 bridgehead atoms. The minimum absolute atomic E-state index is 0.0576. The van der Waals surface area contributed by atoms with Gasteiger partial charge in [-0.25, -0.2) is 0 Å². The van der Waals surface area contributed by atoms with Crippen molar-refractivity contribution in [2.45, 2.75) is 33.0 Å². The number of phenols is 1. The molecule has 0 aliphatic rings. The summed E-state index contributed by atoms with van der Waals surface area (Å²) < 4.78 is 0. The Kier molecular flexibility index (Phi) is 4.77. The van der Waals surface area contributed by atoms with Gasteiger partial charge in [-0.3, -0.25) is 0 Å². The third kappa shape index (κ3) is 3.59. The summed E-state index contributed by atoms with van der Waals surface area (Å²) >= 11 is 0. The zero-order valence-electron chi connectivity index (χ0n) is 11.9. The first-order valence-electron chi connectivity index (χ1n) is 6.81. The van der Waals surface area contributed by atoms with Gasteiger partial charge in [0.2, 0.25) is 0 Å². The van der Waals surface area contributed by atoms with Crippen LogP contribution in [0.15, 0.2) is 42.5 Å². The maximum Gasteiger partial charge on any atom is 0.120 e. The second-order valence-corrected chi connectivity index (χ2v) is 5.14. The highest BCUT2D eigenvalue weighted by atomic mass is 16.3. The van der Waals surface area contributed by atoms with Crippen molar-refractivity contribution in [2.24, 2.45) is 0 Å². The SMILES string of the molecule is Cc1ccc(O)c(C(C)NCc2cccc(CO)c2)c1. The molecule has 0 aromatic heterocycles. The number of hydrogen-bond acceptors (Lipinski definition) is 3. The van der Waals surface area contributed by atoms with E-state index in [1.165, 1.54) is 0 Å². The van der Waals surface area contributed by atoms with Crippen LogP contribution in [0.2, 0.25) is 0 Å². The molecule has 20 heavy (non-hydrogen) atoms. The fourth-order valence-electron chi connectivity index (χ4n) is 2.24. The van der Waals surface area contributed by atoms with Crippen LogP contribution in [0.5, 0.6) is 5.75 Å². The molecule has 106 valence electrons. The molecule has 1 unspecified atom stereocenters. The topological polar surface area (TPSA) is 52.5 Å². The summed E-state index contributed by atoms with van der Waals surface area (Å²) in [6, 6.07) is 13.5. The molecule has 0 amide bonds. The van der Waals surface area contributed by atoms with Crippen LogP contribution in [0, 0.1) is 6.92 Å². The van der Waals surface area contributed by atoms with E-state index >= 15 is 0 Å². The van der Waals surface area contributed by atoms with Crippen LogP contribution in [0.3, 0.4) is 0 Å². The third-order valence-corrected chi connectivity index (χ3v) is 3.44. The van der Waals surface area contributed by atoms with Gasteiger partial charge >= 0.3 is 0 Å². The van der Waals surface area contributed by atoms with Crippen molar-refractivity contribution in [3.05, 3.63) is 64.7 Å². The lowest BCUT2D eigenvalue weighted by Gasteiger charge is -2.16. The maximum atomic E-state index is 9.91. The van der Waals surface area contributed by atoms with Crippen molar-refractivity contribution in [3.8, 4) is 5.75 Å². The van der Waals surface area contributed by atoms with Gasteiger partial charge in [0.1, 0.15) is 5.75 Å². The average molecular weight is 271 g/mol. The molecule has 0 radical (unpaired) electrons. The van der Waals surface area contributed by atoms with Gasteiger partial charge in [0.25, 0.3) is 0 Å². The molecule has 0 saturated heterocycles. The molecule has 2 aromatic rings. The molecule has 1 atom stereocenters. The number of nitrogens with one attached hydrogen (secondary N) is 1. The van der Waals surface area contributed by atoms with Gasteiger partial charge in [-0.05, 0) is 31.0 Å². The third-order valence-electron chi connectivity index (χ3n) is 3.44. The number of aliphatic hydroxyl groups is 1. The van der Waals surface area contributed by atoms with E-state index in [0.717, 1.165) is 22.3 Å². The summed E-state index contributed by atoms with van der Waals surface area (Å²) in [5.74, 6) is 0.319. The quantitative estimate of drug-likeness (QED) is 0.783. The summed E-state index contributed by atoms with van der Waals surface area (Å²) in [5, 5.41) is 22.4. The number of benzene rings is 2. The van der Waals surface area contributed by atoms with Crippen molar-refractivity contribution < 1.29 is 10.2 Å². The summed E-state index contributed by atoms with van der Waals surface area (Å²) in [6.07, 6.45) is 0. The van der Waals surface area contributed by atoms with E-state index in [-0.39, 0.29) is 12.6 Å². The number of hydrogen-bond donors (Lipinski definition) is 3. The Labute approximate surface area is 119 Å². The first-order valence-corrected chi connectivity index (χ1v) is 6.81. The largest absolute Gasteiger partial charge is 0.508 e. The Balaban J connectivity index is 2.04. The van der Waals surface area contributed by atoms with Crippen LogP contribution >= 0.6 is 0 Å². The lowest BCUT2D eigenvalue weighted by Crippen LogP contribution is -2.18. The Bertz CT molecular complexity index is 581. The Hall–Kier alpha value is -1.84. The number of aryl methyl sites for hydroxylation is 1. The van der Waals surface area contributed by atoms with E-state index in [1.807, 2.05) is 50.2 Å². The number of rotatable bonds is 5. The van der Waals surface area contributed by atoms with Gasteiger partial charge in [0, 0.05) is 18.2 Å². The molecule has 3 heteroatoms. The molecular formula is C17H21NO2. The predicted molar refractivity (Wildman–Crippen MR) is 80.5 cm³/mol. The van der Waals surface area contributed by atoms with Crippen LogP contribution in [0.1, 0.15) is 35.2 Å². The van der Waals surface area contributed by atoms with Gasteiger partial charge in [0.05, 0.1) is 6.61 Å². The second-order valence-electron chi connectivity index (χ2n) is 5.14. The van der Waals surface area contributed by atoms with Crippen molar-refractivity contribution in [3.63, 3.8) is 0 Å². The van der Waals surface area contributed by atoms with Gasteiger partial charge in [-0.15, -0.1) is 0 Å². The van der Waals surface area contributed by atoms with E-state index < -0.39 is 0 Å². The van der Waals surface area contributed by atoms with E-state index in [9.17, 15) is 5.11 Å². The molecule has 3 nitrogen and oxygen atoms in total. The smallest absolute Gasteiger partial charge is 0.120 e. The maximum absolute atomic E-state index is 9.91. The molecule has 0 aliphatic heterocycles. The molecule has 2 aromatic carbocycles. The van der Waals surface area contributed by atoms with Crippen molar-refractivity contribution >= 4 is 0 Å². The highest BCUT2D eigenvalue weighted by molar-refractivity contribution is 5.37. The minimum Gasteiger partial charge on any atom is -0.508 e. The lowest BCUT2D eigenvalue weighted by atomic mass is 10.0. The first kappa shape index (κ1) is 14.6. The van der Waals surface area contributed by atoms with E-state index in [4.69, 9.17) is 5.11 Å². The van der Waals surface area contributed by atoms with Crippen LogP contribution in [-0.2, 0) is 13.2 Å². The normalized spacial score (nSPS) is 12.3. The predicted octanol–water partition coefficient (Wildman–Crippen LogP) is 3.04. The Morgan fingerprint density at radius 2 is 1.85 bits per heavy atom. The number of aromatic hydroxyl groups is 1. The molecule has 0 fully saturated rings. The summed E-state index contributed by atoms with van der Waals surface area (Å²) in [7, 11) is 0. The van der Waals surface area contributed by atoms with E-state index in [2.05, 4.69) is 5.32 Å². The van der Waals surface area contributed by atoms with E-state index in [1.54, 1.807) is 6.07 Å². The minimum atomic E-state index is 0.0576. The van der Waals surface area contributed by atoms with Crippen LogP contribution in [0.25, 0.3) is 0 Å². The molecule has 0 heterocycles. The first-order chi connectivity index (χ1) is 9.60. The monoisotopic (exact) mass is 271 g/mol. The second kappa shape index (κ2) is 6.55. The standard InChI is InChI=1S/C17H21NO2/c1-12-6-7-17(20)16(8-12)13(2)18-10-14-4-3-5-15(9-14)11-19/h3-9,13,18-20H,10-11H2,1-2H3. The molecule has 0 aliphatic carbocycles. The molecule has 3 N–H and O–H groups in total. The fourth-order valence-corrected chi connectivity index (χ4v) is 2.24. The molecular weight excluding hydrogens is 250 g/mol. The van der Waals surface area contributed by atoms with Gasteiger partial charge in [-0.1, -0.05) is 42.0 Å². The summed E-state index contributed by atoms with van der Waals surface area (Å²) in [4.78, 5) is 0. The van der Waals surface area contributed by atoms with Crippen LogP contribution < -0.4 is 5.32 Å². The van der Waals surface area contributed by atoms with Crippen molar-refractivity contribution in [2.75, 3.05) is 0 Å². The lowest BCUT2D eigenvalue weighted by molar-refractivity contribution is 0.281. The highest BCUT2D eigenvalue weighted by Crippen LogP contribution is 2.25. The Morgan fingerprint density at radius 3 is 2.60 bits per heavy atom. The van der Waals surface area contributed by atoms with Crippen molar-refractivity contribution in [1.29, 1.82) is 0 Å². The number of phenolic OH excluding ortho intramolecular Hbond substituents is 1. The number of aliphatic hydroxyl groups excluding tert-OH is 1. The fraction of sp³-hybridized carbons (Fsp3) is 0.294. The molecule has 0 spiro atoms. The van der Waals surface area contributed by atoms with E-state index in [0.29, 0.717) is 12.3 Å². The van der Waals surface area contributed by atoms with Crippen LogP contribution in [-0.4, -0.2) is 10.2 Å². The molecule has 0 saturated carbocycles. The average Bonchev–Trinajstić information content (AvgIpc) is 2.47. The Morgan fingerprint density at radius 1 is 1.10 bits per heavy atom. The van der Waals surface area contributed by atoms with Gasteiger partial charge in [0.15, 0.2) is 0 Å². The highest BCUT2D eigenvalue weighted by Gasteiger charge is 2.10. The summed E-state index contributed by atoms with van der Waals surface area (Å²) in [5.41, 5.74) is 4.07. The van der Waals surface area contributed by atoms with Crippen LogP contribution in [0.4, 0.5) is 0 Å². The van der Waals surface area contributed by atoms with Gasteiger partial charge < -0.3 is 15.5 Å². The zero-order valence-corrected chi connectivity index (χ0v) is 11.9. The zero-order chi connectivity index (χ0) is 14.5. The van der Waals surface area contributed by atoms with Crippen molar-refractivity contribution in [1.82, 2.24) is 5.32 Å². The van der Waals surface area contributed by atoms with Gasteiger partial charge in [-0.2, -0.15) is 0 Å². The summed E-state index contributed by atoms with van der Waals surface area (Å²) in [6.45, 7) is 4.80. The molecule has 2 rings (SSSR count).